The molecule has 0 saturated carbocycles. The average molecular weight is 164 g/mol. The number of rotatable bonds is 0. The molecular weight excluding hydrogens is 148 g/mol. The van der Waals surface area contributed by atoms with Crippen LogP contribution in [0.5, 0.6) is 0 Å². The Morgan fingerprint density at radius 1 is 0.583 bits per heavy atom. The highest BCUT2D eigenvalue weighted by Gasteiger charge is 1.83. The smallest absolute Gasteiger partial charge is 0.0633 e. The van der Waals surface area contributed by atoms with Gasteiger partial charge in [-0.25, -0.2) is 0 Å². The predicted octanol–water partition coefficient (Wildman–Crippen LogP) is 3.13. The molecule has 0 radical (unpaired) electrons. The minimum atomic E-state index is 0.847. The summed E-state index contributed by atoms with van der Waals surface area (Å²) in [5.74, 6) is 0. The van der Waals surface area contributed by atoms with Crippen molar-refractivity contribution in [2.75, 3.05) is 13.1 Å². The van der Waals surface area contributed by atoms with E-state index in [1.807, 2.05) is 0 Å². The summed E-state index contributed by atoms with van der Waals surface area (Å²) in [6.07, 6.45) is 13.2. The summed E-state index contributed by atoms with van der Waals surface area (Å²) in [6.45, 7) is 1.69. The lowest BCUT2D eigenvalue weighted by Gasteiger charge is -1.92. The van der Waals surface area contributed by atoms with Gasteiger partial charge < -0.3 is 0 Å². The van der Waals surface area contributed by atoms with Gasteiger partial charge in [-0.15, -0.1) is 0 Å². The maximum Gasteiger partial charge on any atom is 0.0633 e. The fourth-order valence-corrected chi connectivity index (χ4v) is 1.07. The van der Waals surface area contributed by atoms with Crippen LogP contribution < -0.4 is 0 Å². The van der Waals surface area contributed by atoms with Crippen molar-refractivity contribution in [2.45, 2.75) is 25.7 Å². The molecule has 1 aliphatic heterocycles. The van der Waals surface area contributed by atoms with E-state index in [1.165, 1.54) is 0 Å². The molecule has 2 nitrogen and oxygen atoms in total. The molecule has 0 spiro atoms. The van der Waals surface area contributed by atoms with E-state index in [1.54, 1.807) is 0 Å². The van der Waals surface area contributed by atoms with Crippen molar-refractivity contribution < 1.29 is 0 Å². The monoisotopic (exact) mass is 164 g/mol. The second kappa shape index (κ2) is 6.77. The van der Waals surface area contributed by atoms with Gasteiger partial charge in [-0.05, 0) is 25.7 Å². The molecule has 2 heteroatoms. The van der Waals surface area contributed by atoms with Crippen LogP contribution in [0.4, 0.5) is 0 Å². The van der Waals surface area contributed by atoms with Gasteiger partial charge in [0.05, 0.1) is 13.1 Å². The van der Waals surface area contributed by atoms with Crippen molar-refractivity contribution in [3.8, 4) is 0 Å². The lowest BCUT2D eigenvalue weighted by molar-refractivity contribution is 0.827. The highest BCUT2D eigenvalue weighted by Crippen LogP contribution is 1.98. The Labute approximate surface area is 74.1 Å². The SMILES string of the molecule is C1=C/CC/N=N/CC/C=C/CC/1. The largest absolute Gasteiger partial charge is 0.194 e. The summed E-state index contributed by atoms with van der Waals surface area (Å²) in [4.78, 5) is 0. The van der Waals surface area contributed by atoms with E-state index in [-0.39, 0.29) is 0 Å². The van der Waals surface area contributed by atoms with E-state index in [0.717, 1.165) is 38.8 Å². The van der Waals surface area contributed by atoms with E-state index in [4.69, 9.17) is 0 Å². The zero-order valence-electron chi connectivity index (χ0n) is 7.45. The second-order valence-electron chi connectivity index (χ2n) is 2.83. The minimum absolute atomic E-state index is 0.847. The molecule has 0 aliphatic carbocycles. The van der Waals surface area contributed by atoms with Crippen molar-refractivity contribution in [3.63, 3.8) is 0 Å². The molecule has 0 N–H and O–H groups in total. The topological polar surface area (TPSA) is 24.7 Å². The van der Waals surface area contributed by atoms with Gasteiger partial charge in [0.1, 0.15) is 0 Å². The second-order valence-corrected chi connectivity index (χ2v) is 2.83. The number of nitrogens with zero attached hydrogens (tertiary/aromatic N) is 2. The first-order valence-electron chi connectivity index (χ1n) is 4.63. The van der Waals surface area contributed by atoms with Gasteiger partial charge in [0.2, 0.25) is 0 Å². The van der Waals surface area contributed by atoms with Crippen LogP contribution in [0.2, 0.25) is 0 Å². The fourth-order valence-electron chi connectivity index (χ4n) is 1.07. The summed E-state index contributed by atoms with van der Waals surface area (Å²) in [5.41, 5.74) is 0. The first-order valence-corrected chi connectivity index (χ1v) is 4.63. The Morgan fingerprint density at radius 3 is 1.50 bits per heavy atom. The molecule has 0 saturated heterocycles. The van der Waals surface area contributed by atoms with Crippen LogP contribution in [0.3, 0.4) is 0 Å². The first-order chi connectivity index (χ1) is 6.00. The van der Waals surface area contributed by atoms with Crippen LogP contribution in [0.25, 0.3) is 0 Å². The van der Waals surface area contributed by atoms with E-state index in [9.17, 15) is 0 Å². The van der Waals surface area contributed by atoms with Gasteiger partial charge in [0.25, 0.3) is 0 Å². The van der Waals surface area contributed by atoms with Crippen LogP contribution in [0, 0.1) is 0 Å². The van der Waals surface area contributed by atoms with Crippen molar-refractivity contribution in [1.82, 2.24) is 0 Å². The third-order valence-electron chi connectivity index (χ3n) is 1.72. The van der Waals surface area contributed by atoms with Crippen LogP contribution in [-0.4, -0.2) is 13.1 Å². The van der Waals surface area contributed by atoms with Crippen LogP contribution in [0.15, 0.2) is 34.5 Å². The Kier molecular flexibility index (Phi) is 5.17. The fraction of sp³-hybridized carbons (Fsp3) is 0.600. The molecule has 1 aliphatic rings. The molecule has 0 atom stereocenters. The van der Waals surface area contributed by atoms with Gasteiger partial charge in [0, 0.05) is 0 Å². The van der Waals surface area contributed by atoms with E-state index in [2.05, 4.69) is 34.5 Å². The zero-order valence-corrected chi connectivity index (χ0v) is 7.45. The van der Waals surface area contributed by atoms with Crippen molar-refractivity contribution in [2.24, 2.45) is 10.2 Å². The molecule has 0 unspecified atom stereocenters. The molecule has 1 heterocycles. The summed E-state index contributed by atoms with van der Waals surface area (Å²) >= 11 is 0. The molecule has 1 rings (SSSR count). The average Bonchev–Trinajstić information content (AvgIpc) is 2.05. The number of allylic oxidation sites excluding steroid dienone is 2. The summed E-state index contributed by atoms with van der Waals surface area (Å²) < 4.78 is 0. The van der Waals surface area contributed by atoms with Crippen molar-refractivity contribution in [1.29, 1.82) is 0 Å². The Bertz CT molecular complexity index is 129. The number of hydrogen-bond donors (Lipinski definition) is 0. The van der Waals surface area contributed by atoms with Gasteiger partial charge in [-0.2, -0.15) is 10.2 Å². The molecule has 66 valence electrons. The highest BCUT2D eigenvalue weighted by atomic mass is 15.1. The molecule has 0 fully saturated rings. The van der Waals surface area contributed by atoms with Gasteiger partial charge >= 0.3 is 0 Å². The number of azo groups is 1. The van der Waals surface area contributed by atoms with E-state index < -0.39 is 0 Å². The lowest BCUT2D eigenvalue weighted by Crippen LogP contribution is -1.80. The van der Waals surface area contributed by atoms with Gasteiger partial charge in [-0.3, -0.25) is 0 Å². The number of hydrogen-bond acceptors (Lipinski definition) is 2. The normalized spacial score (nSPS) is 28.0. The standard InChI is InChI=1S/C10H16N2/c1-2-4-6-8-10-12-11-9-7-5-3-1/h3-6H,1-2,7-10H2/b5-3+,6-4+,12-11+. The molecule has 0 amide bonds. The molecular formula is C10H16N2. The molecule has 0 aromatic rings. The lowest BCUT2D eigenvalue weighted by atomic mass is 10.2. The highest BCUT2D eigenvalue weighted by molar-refractivity contribution is 4.88. The van der Waals surface area contributed by atoms with E-state index >= 15 is 0 Å². The Hall–Kier alpha value is -0.920. The maximum atomic E-state index is 4.04. The predicted molar refractivity (Wildman–Crippen MR) is 51.3 cm³/mol. The van der Waals surface area contributed by atoms with Crippen LogP contribution in [0.1, 0.15) is 25.7 Å². The zero-order chi connectivity index (χ0) is 8.49. The van der Waals surface area contributed by atoms with E-state index in [0.29, 0.717) is 0 Å². The maximum absolute atomic E-state index is 4.04. The van der Waals surface area contributed by atoms with Gasteiger partial charge in [-0.1, -0.05) is 24.3 Å². The summed E-state index contributed by atoms with van der Waals surface area (Å²) in [6, 6.07) is 0. The summed E-state index contributed by atoms with van der Waals surface area (Å²) in [5, 5.41) is 8.09. The summed E-state index contributed by atoms with van der Waals surface area (Å²) in [7, 11) is 0. The molecule has 0 aromatic carbocycles. The van der Waals surface area contributed by atoms with Crippen LogP contribution >= 0.6 is 0 Å². The van der Waals surface area contributed by atoms with Crippen molar-refractivity contribution >= 4 is 0 Å². The Balaban J connectivity index is 2.30. The van der Waals surface area contributed by atoms with Gasteiger partial charge in [0.15, 0.2) is 0 Å². The third-order valence-corrected chi connectivity index (χ3v) is 1.72. The molecule has 0 bridgehead atoms. The Morgan fingerprint density at radius 2 is 1.00 bits per heavy atom. The first kappa shape index (κ1) is 9.17. The quantitative estimate of drug-likeness (QED) is 0.491. The van der Waals surface area contributed by atoms with Crippen molar-refractivity contribution in [3.05, 3.63) is 24.3 Å². The third kappa shape index (κ3) is 4.83. The molecule has 0 aromatic heterocycles. The molecule has 12 heavy (non-hydrogen) atoms. The minimum Gasteiger partial charge on any atom is -0.194 e. The van der Waals surface area contributed by atoms with Crippen LogP contribution in [-0.2, 0) is 0 Å².